The maximum absolute atomic E-state index is 12.7. The summed E-state index contributed by atoms with van der Waals surface area (Å²) in [5, 5.41) is 0. The van der Waals surface area contributed by atoms with Gasteiger partial charge in [0.25, 0.3) is 0 Å². The molecular formula is C19H21NO3. The van der Waals surface area contributed by atoms with Crippen LogP contribution in [0.15, 0.2) is 42.5 Å². The Kier molecular flexibility index (Phi) is 4.51. The second-order valence-electron chi connectivity index (χ2n) is 5.67. The molecule has 0 N–H and O–H groups in total. The fourth-order valence-electron chi connectivity index (χ4n) is 3.01. The molecule has 1 heterocycles. The summed E-state index contributed by atoms with van der Waals surface area (Å²) >= 11 is 0. The lowest BCUT2D eigenvalue weighted by atomic mass is 10.0. The van der Waals surface area contributed by atoms with E-state index in [0.29, 0.717) is 6.42 Å². The van der Waals surface area contributed by atoms with Gasteiger partial charge in [0, 0.05) is 12.2 Å². The van der Waals surface area contributed by atoms with E-state index in [1.165, 1.54) is 5.56 Å². The van der Waals surface area contributed by atoms with Gasteiger partial charge in [0.05, 0.1) is 20.6 Å². The van der Waals surface area contributed by atoms with Gasteiger partial charge in [-0.3, -0.25) is 4.79 Å². The highest BCUT2D eigenvalue weighted by Crippen LogP contribution is 2.31. The van der Waals surface area contributed by atoms with E-state index in [9.17, 15) is 4.79 Å². The average Bonchev–Trinajstić information content (AvgIpc) is 2.60. The van der Waals surface area contributed by atoms with Crippen molar-refractivity contribution in [3.05, 3.63) is 53.6 Å². The normalized spacial score (nSPS) is 13.4. The standard InChI is InChI=1S/C19H21NO3/c1-22-16-7-3-5-14(11-16)12-19(21)20-10-4-6-15-13-17(23-2)8-9-18(15)20/h3,5,7-9,11,13H,4,6,10,12H2,1-2H3. The first kappa shape index (κ1) is 15.4. The minimum atomic E-state index is 0.115. The molecule has 2 aromatic rings. The summed E-state index contributed by atoms with van der Waals surface area (Å²) in [5.74, 6) is 1.73. The number of carbonyl (C=O) groups excluding carboxylic acids is 1. The van der Waals surface area contributed by atoms with Gasteiger partial charge in [-0.15, -0.1) is 0 Å². The van der Waals surface area contributed by atoms with Gasteiger partial charge in [0.1, 0.15) is 11.5 Å². The Balaban J connectivity index is 1.81. The molecule has 0 radical (unpaired) electrons. The van der Waals surface area contributed by atoms with Crippen LogP contribution in [0.5, 0.6) is 11.5 Å². The van der Waals surface area contributed by atoms with Crippen molar-refractivity contribution in [3.63, 3.8) is 0 Å². The Bertz CT molecular complexity index is 712. The lowest BCUT2D eigenvalue weighted by molar-refractivity contribution is -0.118. The second kappa shape index (κ2) is 6.73. The van der Waals surface area contributed by atoms with Crippen LogP contribution in [0.25, 0.3) is 0 Å². The largest absolute Gasteiger partial charge is 0.497 e. The molecule has 0 unspecified atom stereocenters. The molecule has 0 bridgehead atoms. The molecule has 4 heteroatoms. The zero-order valence-electron chi connectivity index (χ0n) is 13.5. The number of hydrogen-bond donors (Lipinski definition) is 0. The summed E-state index contributed by atoms with van der Waals surface area (Å²) in [6.45, 7) is 0.766. The Morgan fingerprint density at radius 1 is 1.09 bits per heavy atom. The molecule has 2 aromatic carbocycles. The molecule has 1 aliphatic rings. The van der Waals surface area contributed by atoms with E-state index in [1.807, 2.05) is 47.4 Å². The average molecular weight is 311 g/mol. The molecule has 0 spiro atoms. The van der Waals surface area contributed by atoms with E-state index in [-0.39, 0.29) is 5.91 Å². The summed E-state index contributed by atoms with van der Waals surface area (Å²) in [6.07, 6.45) is 2.34. The van der Waals surface area contributed by atoms with Crippen LogP contribution in [0.2, 0.25) is 0 Å². The highest BCUT2D eigenvalue weighted by Gasteiger charge is 2.23. The van der Waals surface area contributed by atoms with Crippen LogP contribution in [-0.4, -0.2) is 26.7 Å². The highest BCUT2D eigenvalue weighted by molar-refractivity contribution is 5.96. The fourth-order valence-corrected chi connectivity index (χ4v) is 3.01. The molecule has 120 valence electrons. The predicted octanol–water partition coefficient (Wildman–Crippen LogP) is 3.23. The van der Waals surface area contributed by atoms with E-state index < -0.39 is 0 Å². The topological polar surface area (TPSA) is 38.8 Å². The summed E-state index contributed by atoms with van der Waals surface area (Å²) in [4.78, 5) is 14.6. The van der Waals surface area contributed by atoms with Gasteiger partial charge in [-0.05, 0) is 54.3 Å². The molecule has 0 saturated carbocycles. The molecule has 1 aliphatic heterocycles. The summed E-state index contributed by atoms with van der Waals surface area (Å²) < 4.78 is 10.5. The minimum absolute atomic E-state index is 0.115. The fraction of sp³-hybridized carbons (Fsp3) is 0.316. The quantitative estimate of drug-likeness (QED) is 0.870. The van der Waals surface area contributed by atoms with Crippen LogP contribution in [0.1, 0.15) is 17.5 Å². The van der Waals surface area contributed by atoms with Gasteiger partial charge in [-0.2, -0.15) is 0 Å². The predicted molar refractivity (Wildman–Crippen MR) is 90.4 cm³/mol. The summed E-state index contributed by atoms with van der Waals surface area (Å²) in [6, 6.07) is 13.6. The molecule has 4 nitrogen and oxygen atoms in total. The van der Waals surface area contributed by atoms with E-state index in [0.717, 1.165) is 42.1 Å². The summed E-state index contributed by atoms with van der Waals surface area (Å²) in [7, 11) is 3.30. The van der Waals surface area contributed by atoms with Crippen LogP contribution in [0.4, 0.5) is 5.69 Å². The lowest BCUT2D eigenvalue weighted by Crippen LogP contribution is -2.36. The number of anilines is 1. The van der Waals surface area contributed by atoms with Gasteiger partial charge in [-0.25, -0.2) is 0 Å². The van der Waals surface area contributed by atoms with Crippen LogP contribution >= 0.6 is 0 Å². The van der Waals surface area contributed by atoms with Crippen molar-refractivity contribution in [2.75, 3.05) is 25.7 Å². The number of carbonyl (C=O) groups is 1. The Morgan fingerprint density at radius 2 is 1.87 bits per heavy atom. The first-order chi connectivity index (χ1) is 11.2. The third kappa shape index (κ3) is 3.31. The van der Waals surface area contributed by atoms with E-state index in [4.69, 9.17) is 9.47 Å². The molecule has 0 saturated heterocycles. The van der Waals surface area contributed by atoms with Crippen molar-refractivity contribution in [2.45, 2.75) is 19.3 Å². The smallest absolute Gasteiger partial charge is 0.231 e. The Labute approximate surface area is 136 Å². The number of methoxy groups -OCH3 is 2. The maximum Gasteiger partial charge on any atom is 0.231 e. The zero-order chi connectivity index (χ0) is 16.2. The molecule has 3 rings (SSSR count). The number of ether oxygens (including phenoxy) is 2. The van der Waals surface area contributed by atoms with E-state index in [2.05, 4.69) is 0 Å². The van der Waals surface area contributed by atoms with Crippen molar-refractivity contribution >= 4 is 11.6 Å². The molecule has 0 fully saturated rings. The minimum Gasteiger partial charge on any atom is -0.497 e. The third-order valence-corrected chi connectivity index (χ3v) is 4.20. The maximum atomic E-state index is 12.7. The molecular weight excluding hydrogens is 290 g/mol. The number of amides is 1. The van der Waals surface area contributed by atoms with Gasteiger partial charge in [0.2, 0.25) is 5.91 Å². The molecule has 0 aliphatic carbocycles. The van der Waals surface area contributed by atoms with Crippen molar-refractivity contribution in [3.8, 4) is 11.5 Å². The third-order valence-electron chi connectivity index (χ3n) is 4.20. The number of rotatable bonds is 4. The van der Waals surface area contributed by atoms with Crippen LogP contribution in [-0.2, 0) is 17.6 Å². The van der Waals surface area contributed by atoms with E-state index >= 15 is 0 Å². The first-order valence-corrected chi connectivity index (χ1v) is 7.81. The van der Waals surface area contributed by atoms with Gasteiger partial charge in [-0.1, -0.05) is 12.1 Å². The number of fused-ring (bicyclic) bond motifs is 1. The van der Waals surface area contributed by atoms with Crippen LogP contribution in [0, 0.1) is 0 Å². The van der Waals surface area contributed by atoms with Gasteiger partial charge in [0.15, 0.2) is 0 Å². The van der Waals surface area contributed by atoms with Crippen LogP contribution in [0.3, 0.4) is 0 Å². The van der Waals surface area contributed by atoms with Gasteiger partial charge >= 0.3 is 0 Å². The zero-order valence-corrected chi connectivity index (χ0v) is 13.5. The number of aryl methyl sites for hydroxylation is 1. The molecule has 0 atom stereocenters. The Morgan fingerprint density at radius 3 is 2.65 bits per heavy atom. The summed E-state index contributed by atoms with van der Waals surface area (Å²) in [5.41, 5.74) is 3.15. The molecule has 0 aromatic heterocycles. The highest BCUT2D eigenvalue weighted by atomic mass is 16.5. The monoisotopic (exact) mass is 311 g/mol. The van der Waals surface area contributed by atoms with Crippen LogP contribution < -0.4 is 14.4 Å². The van der Waals surface area contributed by atoms with Crippen molar-refractivity contribution in [1.82, 2.24) is 0 Å². The van der Waals surface area contributed by atoms with Crippen molar-refractivity contribution in [2.24, 2.45) is 0 Å². The van der Waals surface area contributed by atoms with Gasteiger partial charge < -0.3 is 14.4 Å². The van der Waals surface area contributed by atoms with E-state index in [1.54, 1.807) is 14.2 Å². The van der Waals surface area contributed by atoms with Crippen molar-refractivity contribution < 1.29 is 14.3 Å². The lowest BCUT2D eigenvalue weighted by Gasteiger charge is -2.30. The molecule has 1 amide bonds. The molecule has 23 heavy (non-hydrogen) atoms. The Hall–Kier alpha value is -2.49. The number of nitrogens with zero attached hydrogens (tertiary/aromatic N) is 1. The first-order valence-electron chi connectivity index (χ1n) is 7.81. The number of hydrogen-bond acceptors (Lipinski definition) is 3. The number of benzene rings is 2. The SMILES string of the molecule is COc1cccc(CC(=O)N2CCCc3cc(OC)ccc32)c1. The second-order valence-corrected chi connectivity index (χ2v) is 5.67. The van der Waals surface area contributed by atoms with Crippen molar-refractivity contribution in [1.29, 1.82) is 0 Å².